The molecule has 31 heavy (non-hydrogen) atoms. The molecular formula is C23H14F3N5. The zero-order valence-corrected chi connectivity index (χ0v) is 16.2. The summed E-state index contributed by atoms with van der Waals surface area (Å²) in [4.78, 5) is 11.7. The van der Waals surface area contributed by atoms with Crippen molar-refractivity contribution in [3.8, 4) is 23.2 Å². The third-order valence-corrected chi connectivity index (χ3v) is 4.92. The molecule has 0 aliphatic heterocycles. The van der Waals surface area contributed by atoms with E-state index in [0.29, 0.717) is 22.7 Å². The van der Waals surface area contributed by atoms with Gasteiger partial charge in [0.25, 0.3) is 0 Å². The van der Waals surface area contributed by atoms with Crippen LogP contribution in [0.4, 0.5) is 13.2 Å². The standard InChI is InChI=1S/C23H14F3N5/c1-14-4-5-16(22-29-19-9-7-17(23(24,25)26)12-20(19)30-22)11-15(14)6-8-18-13-27-21-3-2-10-28-31(18)21/h2-5,7,9-13H,1H3,(H,29,30). The maximum absolute atomic E-state index is 13.0. The largest absolute Gasteiger partial charge is 0.416 e. The van der Waals surface area contributed by atoms with Gasteiger partial charge in [-0.3, -0.25) is 0 Å². The lowest BCUT2D eigenvalue weighted by Gasteiger charge is -2.04. The molecule has 0 fully saturated rings. The van der Waals surface area contributed by atoms with Gasteiger partial charge in [0.2, 0.25) is 0 Å². The Morgan fingerprint density at radius 2 is 1.90 bits per heavy atom. The third kappa shape index (κ3) is 3.51. The first-order valence-corrected chi connectivity index (χ1v) is 9.37. The number of benzene rings is 2. The van der Waals surface area contributed by atoms with Gasteiger partial charge in [-0.25, -0.2) is 14.5 Å². The molecule has 5 rings (SSSR count). The van der Waals surface area contributed by atoms with Gasteiger partial charge in [-0.1, -0.05) is 18.1 Å². The SMILES string of the molecule is Cc1ccc(-c2nc3cc(C(F)(F)F)ccc3[nH]2)cc1C#Cc1cnc2cccnn12. The Bertz CT molecular complexity index is 1500. The highest BCUT2D eigenvalue weighted by Gasteiger charge is 2.30. The van der Waals surface area contributed by atoms with E-state index in [4.69, 9.17) is 0 Å². The number of hydrogen-bond acceptors (Lipinski definition) is 3. The number of alkyl halides is 3. The lowest BCUT2D eigenvalue weighted by Crippen LogP contribution is -2.04. The minimum Gasteiger partial charge on any atom is -0.338 e. The third-order valence-electron chi connectivity index (χ3n) is 4.92. The molecule has 0 radical (unpaired) electrons. The summed E-state index contributed by atoms with van der Waals surface area (Å²) in [6, 6.07) is 12.7. The molecule has 0 saturated carbocycles. The molecule has 8 heteroatoms. The first-order valence-electron chi connectivity index (χ1n) is 9.37. The molecule has 0 atom stereocenters. The molecule has 152 valence electrons. The van der Waals surface area contributed by atoms with Gasteiger partial charge in [0.15, 0.2) is 5.65 Å². The van der Waals surface area contributed by atoms with E-state index in [1.165, 1.54) is 6.07 Å². The van der Waals surface area contributed by atoms with Gasteiger partial charge in [-0.05, 0) is 54.8 Å². The summed E-state index contributed by atoms with van der Waals surface area (Å²) < 4.78 is 40.6. The average Bonchev–Trinajstić information content (AvgIpc) is 3.36. The highest BCUT2D eigenvalue weighted by molar-refractivity contribution is 5.80. The summed E-state index contributed by atoms with van der Waals surface area (Å²) in [5.41, 5.74) is 3.91. The van der Waals surface area contributed by atoms with Crippen molar-refractivity contribution in [3.05, 3.63) is 83.3 Å². The van der Waals surface area contributed by atoms with Crippen molar-refractivity contribution in [2.24, 2.45) is 0 Å². The lowest BCUT2D eigenvalue weighted by molar-refractivity contribution is -0.137. The molecule has 0 aliphatic rings. The Hall–Kier alpha value is -4.12. The zero-order chi connectivity index (χ0) is 21.6. The first kappa shape index (κ1) is 18.9. The van der Waals surface area contributed by atoms with Crippen LogP contribution in [0.1, 0.15) is 22.4 Å². The highest BCUT2D eigenvalue weighted by Crippen LogP contribution is 2.32. The van der Waals surface area contributed by atoms with Crippen molar-refractivity contribution < 1.29 is 13.2 Å². The number of rotatable bonds is 1. The summed E-state index contributed by atoms with van der Waals surface area (Å²) in [6.45, 7) is 1.94. The van der Waals surface area contributed by atoms with E-state index in [9.17, 15) is 13.2 Å². The van der Waals surface area contributed by atoms with Crippen molar-refractivity contribution in [1.82, 2.24) is 24.6 Å². The van der Waals surface area contributed by atoms with Gasteiger partial charge in [0, 0.05) is 17.3 Å². The quantitative estimate of drug-likeness (QED) is 0.391. The Balaban J connectivity index is 1.53. The van der Waals surface area contributed by atoms with E-state index < -0.39 is 11.7 Å². The second-order valence-corrected chi connectivity index (χ2v) is 7.03. The molecule has 3 heterocycles. The number of halogens is 3. The molecule has 3 aromatic heterocycles. The van der Waals surface area contributed by atoms with Crippen LogP contribution in [0.3, 0.4) is 0 Å². The predicted octanol–water partition coefficient (Wildman–Crippen LogP) is 5.00. The summed E-state index contributed by atoms with van der Waals surface area (Å²) in [6.07, 6.45) is -1.09. The van der Waals surface area contributed by atoms with E-state index in [-0.39, 0.29) is 5.52 Å². The summed E-state index contributed by atoms with van der Waals surface area (Å²) >= 11 is 0. The fraction of sp³-hybridized carbons (Fsp3) is 0.0870. The van der Waals surface area contributed by atoms with E-state index in [2.05, 4.69) is 31.9 Å². The van der Waals surface area contributed by atoms with Crippen LogP contribution in [-0.2, 0) is 6.18 Å². The average molecular weight is 417 g/mol. The van der Waals surface area contributed by atoms with Crippen LogP contribution >= 0.6 is 0 Å². The number of hydrogen-bond donors (Lipinski definition) is 1. The van der Waals surface area contributed by atoms with Crippen LogP contribution in [0, 0.1) is 18.8 Å². The number of aromatic nitrogens is 5. The number of H-pyrrole nitrogens is 1. The molecule has 0 bridgehead atoms. The molecule has 2 aromatic carbocycles. The number of nitrogens with one attached hydrogen (secondary N) is 1. The fourth-order valence-corrected chi connectivity index (χ4v) is 3.27. The van der Waals surface area contributed by atoms with Crippen LogP contribution in [-0.4, -0.2) is 24.6 Å². The van der Waals surface area contributed by atoms with Crippen molar-refractivity contribution >= 4 is 16.7 Å². The maximum Gasteiger partial charge on any atom is 0.416 e. The summed E-state index contributed by atoms with van der Waals surface area (Å²) in [5.74, 6) is 6.71. The van der Waals surface area contributed by atoms with Crippen molar-refractivity contribution in [1.29, 1.82) is 0 Å². The van der Waals surface area contributed by atoms with Crippen LogP contribution in [0.25, 0.3) is 28.1 Å². The second-order valence-electron chi connectivity index (χ2n) is 7.03. The monoisotopic (exact) mass is 417 g/mol. The van der Waals surface area contributed by atoms with Gasteiger partial charge >= 0.3 is 6.18 Å². The number of aromatic amines is 1. The minimum absolute atomic E-state index is 0.259. The van der Waals surface area contributed by atoms with Gasteiger partial charge in [-0.15, -0.1) is 0 Å². The van der Waals surface area contributed by atoms with Crippen molar-refractivity contribution in [3.63, 3.8) is 0 Å². The molecule has 1 N–H and O–H groups in total. The molecule has 0 spiro atoms. The summed E-state index contributed by atoms with van der Waals surface area (Å²) in [7, 11) is 0. The van der Waals surface area contributed by atoms with Crippen LogP contribution in [0.2, 0.25) is 0 Å². The Morgan fingerprint density at radius 3 is 2.74 bits per heavy atom. The number of fused-ring (bicyclic) bond motifs is 2. The highest BCUT2D eigenvalue weighted by atomic mass is 19.4. The van der Waals surface area contributed by atoms with Crippen molar-refractivity contribution in [2.45, 2.75) is 13.1 Å². The lowest BCUT2D eigenvalue weighted by atomic mass is 10.0. The van der Waals surface area contributed by atoms with E-state index in [1.54, 1.807) is 23.0 Å². The first-order chi connectivity index (χ1) is 14.9. The van der Waals surface area contributed by atoms with Gasteiger partial charge in [-0.2, -0.15) is 18.3 Å². The number of nitrogens with zero attached hydrogens (tertiary/aromatic N) is 4. The van der Waals surface area contributed by atoms with E-state index in [1.807, 2.05) is 31.2 Å². The van der Waals surface area contributed by atoms with Crippen LogP contribution < -0.4 is 0 Å². The number of aryl methyl sites for hydroxylation is 1. The number of imidazole rings is 2. The molecule has 5 aromatic rings. The fourth-order valence-electron chi connectivity index (χ4n) is 3.27. The molecular weight excluding hydrogens is 403 g/mol. The molecule has 5 nitrogen and oxygen atoms in total. The molecule has 0 amide bonds. The van der Waals surface area contributed by atoms with Crippen molar-refractivity contribution in [2.75, 3.05) is 0 Å². The Kier molecular flexibility index (Phi) is 4.26. The molecule has 0 aliphatic carbocycles. The van der Waals surface area contributed by atoms with E-state index >= 15 is 0 Å². The maximum atomic E-state index is 13.0. The topological polar surface area (TPSA) is 58.9 Å². The van der Waals surface area contributed by atoms with Crippen LogP contribution in [0.15, 0.2) is 60.9 Å². The molecule has 0 unspecified atom stereocenters. The van der Waals surface area contributed by atoms with Gasteiger partial charge in [0.05, 0.1) is 22.8 Å². The normalized spacial score (nSPS) is 11.6. The Labute approximate surface area is 174 Å². The zero-order valence-electron chi connectivity index (χ0n) is 16.2. The smallest absolute Gasteiger partial charge is 0.338 e. The van der Waals surface area contributed by atoms with Crippen LogP contribution in [0.5, 0.6) is 0 Å². The van der Waals surface area contributed by atoms with E-state index in [0.717, 1.165) is 28.8 Å². The molecule has 0 saturated heterocycles. The minimum atomic E-state index is -4.41. The second kappa shape index (κ2) is 6.99. The summed E-state index contributed by atoms with van der Waals surface area (Å²) in [5, 5.41) is 4.25. The van der Waals surface area contributed by atoms with Gasteiger partial charge < -0.3 is 4.98 Å². The predicted molar refractivity (Wildman–Crippen MR) is 110 cm³/mol. The Morgan fingerprint density at radius 1 is 1.03 bits per heavy atom. The van der Waals surface area contributed by atoms with Gasteiger partial charge in [0.1, 0.15) is 11.5 Å².